The third-order valence-electron chi connectivity index (χ3n) is 3.93. The van der Waals surface area contributed by atoms with Crippen LogP contribution in [0.1, 0.15) is 16.8 Å². The highest BCUT2D eigenvalue weighted by Crippen LogP contribution is 2.26. The number of amides is 1. The fourth-order valence-electron chi connectivity index (χ4n) is 2.72. The lowest BCUT2D eigenvalue weighted by Crippen LogP contribution is -2.29. The molecule has 2 aromatic rings. The van der Waals surface area contributed by atoms with Crippen molar-refractivity contribution in [3.05, 3.63) is 40.1 Å². The maximum absolute atomic E-state index is 12.5. The van der Waals surface area contributed by atoms with E-state index in [-0.39, 0.29) is 18.1 Å². The molecule has 2 heterocycles. The summed E-state index contributed by atoms with van der Waals surface area (Å²) < 4.78 is 0. The fraction of sp³-hybridized carbons (Fsp3) is 0.286. The van der Waals surface area contributed by atoms with Crippen LogP contribution in [0.2, 0.25) is 0 Å². The third kappa shape index (κ3) is 2.28. The standard InChI is InChI=1S/C14H13N3O5/c18-13(16-4-3-8(7-16)14(19)20)11-6-15-12-2-1-9(17(21)22)5-10(11)12/h1-2,5-6,8,15H,3-4,7H2,(H,19,20). The predicted molar refractivity (Wildman–Crippen MR) is 76.6 cm³/mol. The molecule has 22 heavy (non-hydrogen) atoms. The van der Waals surface area contributed by atoms with Crippen LogP contribution in [0, 0.1) is 16.0 Å². The van der Waals surface area contributed by atoms with E-state index in [1.807, 2.05) is 0 Å². The van der Waals surface area contributed by atoms with Gasteiger partial charge in [-0.15, -0.1) is 0 Å². The van der Waals surface area contributed by atoms with Gasteiger partial charge in [0.05, 0.1) is 16.4 Å². The molecule has 1 aromatic heterocycles. The number of benzene rings is 1. The van der Waals surface area contributed by atoms with Gasteiger partial charge in [0.2, 0.25) is 0 Å². The van der Waals surface area contributed by atoms with Gasteiger partial charge < -0.3 is 15.0 Å². The fourth-order valence-corrected chi connectivity index (χ4v) is 2.72. The zero-order valence-corrected chi connectivity index (χ0v) is 11.5. The second kappa shape index (κ2) is 5.14. The number of likely N-dealkylation sites (tertiary alicyclic amines) is 1. The van der Waals surface area contributed by atoms with Gasteiger partial charge in [0, 0.05) is 42.3 Å². The first-order chi connectivity index (χ1) is 10.5. The molecule has 1 aliphatic rings. The van der Waals surface area contributed by atoms with Crippen LogP contribution in [0.15, 0.2) is 24.4 Å². The first-order valence-corrected chi connectivity index (χ1v) is 6.75. The van der Waals surface area contributed by atoms with E-state index in [9.17, 15) is 19.7 Å². The first kappa shape index (κ1) is 14.1. The van der Waals surface area contributed by atoms with Gasteiger partial charge in [-0.05, 0) is 12.5 Å². The lowest BCUT2D eigenvalue weighted by molar-refractivity contribution is -0.384. The van der Waals surface area contributed by atoms with Crippen LogP contribution in [0.25, 0.3) is 10.9 Å². The predicted octanol–water partition coefficient (Wildman–Crippen LogP) is 1.62. The van der Waals surface area contributed by atoms with Gasteiger partial charge in [0.1, 0.15) is 0 Å². The molecule has 0 aliphatic carbocycles. The van der Waals surface area contributed by atoms with Gasteiger partial charge in [-0.2, -0.15) is 0 Å². The van der Waals surface area contributed by atoms with Gasteiger partial charge in [-0.1, -0.05) is 0 Å². The number of rotatable bonds is 3. The van der Waals surface area contributed by atoms with Gasteiger partial charge in [-0.25, -0.2) is 0 Å². The molecule has 1 aliphatic heterocycles. The minimum Gasteiger partial charge on any atom is -0.481 e. The van der Waals surface area contributed by atoms with Crippen LogP contribution in [0.3, 0.4) is 0 Å². The Labute approximate surface area is 124 Å². The average Bonchev–Trinajstić information content (AvgIpc) is 3.13. The topological polar surface area (TPSA) is 117 Å². The Kier molecular flexibility index (Phi) is 3.28. The molecule has 0 radical (unpaired) electrons. The molecular weight excluding hydrogens is 290 g/mol. The smallest absolute Gasteiger partial charge is 0.308 e. The Morgan fingerprint density at radius 3 is 2.82 bits per heavy atom. The minimum absolute atomic E-state index is 0.0917. The zero-order chi connectivity index (χ0) is 15.9. The number of nitrogens with zero attached hydrogens (tertiary/aromatic N) is 2. The van der Waals surface area contributed by atoms with Gasteiger partial charge in [-0.3, -0.25) is 19.7 Å². The molecule has 0 bridgehead atoms. The highest BCUT2D eigenvalue weighted by Gasteiger charge is 2.32. The second-order valence-corrected chi connectivity index (χ2v) is 5.26. The van der Waals surface area contributed by atoms with E-state index in [0.29, 0.717) is 29.4 Å². The molecule has 1 atom stereocenters. The summed E-state index contributed by atoms with van der Waals surface area (Å²) in [4.78, 5) is 38.2. The molecule has 0 spiro atoms. The summed E-state index contributed by atoms with van der Waals surface area (Å²) in [6, 6.07) is 4.27. The summed E-state index contributed by atoms with van der Waals surface area (Å²) in [6.45, 7) is 0.535. The van der Waals surface area contributed by atoms with E-state index in [1.165, 1.54) is 23.2 Å². The number of carboxylic acid groups (broad SMARTS) is 1. The van der Waals surface area contributed by atoms with E-state index in [2.05, 4.69) is 4.98 Å². The van der Waals surface area contributed by atoms with Gasteiger partial charge in [0.15, 0.2) is 0 Å². The van der Waals surface area contributed by atoms with Crippen molar-refractivity contribution in [1.29, 1.82) is 0 Å². The number of nitro groups is 1. The van der Waals surface area contributed by atoms with Crippen molar-refractivity contribution in [2.24, 2.45) is 5.92 Å². The number of non-ortho nitro benzene ring substituents is 1. The van der Waals surface area contributed by atoms with Gasteiger partial charge in [0.25, 0.3) is 11.6 Å². The molecule has 1 saturated heterocycles. The van der Waals surface area contributed by atoms with Crippen LogP contribution in [-0.4, -0.2) is 44.9 Å². The van der Waals surface area contributed by atoms with Crippen molar-refractivity contribution in [3.8, 4) is 0 Å². The largest absolute Gasteiger partial charge is 0.481 e. The van der Waals surface area contributed by atoms with Crippen LogP contribution in [0.5, 0.6) is 0 Å². The van der Waals surface area contributed by atoms with Gasteiger partial charge >= 0.3 is 5.97 Å². The molecule has 8 nitrogen and oxygen atoms in total. The molecule has 1 unspecified atom stereocenters. The summed E-state index contributed by atoms with van der Waals surface area (Å²) in [6.07, 6.45) is 1.92. The number of aromatic nitrogens is 1. The maximum atomic E-state index is 12.5. The number of nitro benzene ring substituents is 1. The molecule has 1 aromatic carbocycles. The number of fused-ring (bicyclic) bond motifs is 1. The highest BCUT2D eigenvalue weighted by molar-refractivity contribution is 6.07. The van der Waals surface area contributed by atoms with E-state index < -0.39 is 16.8 Å². The van der Waals surface area contributed by atoms with Crippen molar-refractivity contribution >= 4 is 28.5 Å². The zero-order valence-electron chi connectivity index (χ0n) is 11.5. The Morgan fingerprint density at radius 1 is 1.41 bits per heavy atom. The van der Waals surface area contributed by atoms with E-state index in [0.717, 1.165) is 0 Å². The summed E-state index contributed by atoms with van der Waals surface area (Å²) >= 11 is 0. The summed E-state index contributed by atoms with van der Waals surface area (Å²) in [7, 11) is 0. The number of hydrogen-bond acceptors (Lipinski definition) is 4. The summed E-state index contributed by atoms with van der Waals surface area (Å²) in [5, 5.41) is 20.3. The Morgan fingerprint density at radius 2 is 2.18 bits per heavy atom. The van der Waals surface area contributed by atoms with Crippen LogP contribution < -0.4 is 0 Å². The second-order valence-electron chi connectivity index (χ2n) is 5.26. The van der Waals surface area contributed by atoms with Crippen molar-refractivity contribution < 1.29 is 19.6 Å². The number of H-pyrrole nitrogens is 1. The molecule has 1 fully saturated rings. The quantitative estimate of drug-likeness (QED) is 0.660. The lowest BCUT2D eigenvalue weighted by Gasteiger charge is -2.15. The molecule has 2 N–H and O–H groups in total. The number of carboxylic acids is 1. The third-order valence-corrected chi connectivity index (χ3v) is 3.93. The minimum atomic E-state index is -0.912. The van der Waals surface area contributed by atoms with Crippen molar-refractivity contribution in [2.75, 3.05) is 13.1 Å². The normalized spacial score (nSPS) is 17.8. The van der Waals surface area contributed by atoms with Crippen molar-refractivity contribution in [3.63, 3.8) is 0 Å². The monoisotopic (exact) mass is 303 g/mol. The van der Waals surface area contributed by atoms with Crippen LogP contribution in [-0.2, 0) is 4.79 Å². The number of carbonyl (C=O) groups is 2. The summed E-state index contributed by atoms with van der Waals surface area (Å²) in [5.74, 6) is -1.77. The molecule has 3 rings (SSSR count). The Bertz CT molecular complexity index is 782. The van der Waals surface area contributed by atoms with Crippen LogP contribution in [0.4, 0.5) is 5.69 Å². The molecule has 8 heteroatoms. The lowest BCUT2D eigenvalue weighted by atomic mass is 10.1. The number of aliphatic carboxylic acids is 1. The molecular formula is C14H13N3O5. The van der Waals surface area contributed by atoms with E-state index in [4.69, 9.17) is 5.11 Å². The van der Waals surface area contributed by atoms with E-state index in [1.54, 1.807) is 6.07 Å². The Hall–Kier alpha value is -2.90. The van der Waals surface area contributed by atoms with Crippen molar-refractivity contribution in [2.45, 2.75) is 6.42 Å². The number of carbonyl (C=O) groups excluding carboxylic acids is 1. The number of aromatic amines is 1. The first-order valence-electron chi connectivity index (χ1n) is 6.75. The van der Waals surface area contributed by atoms with E-state index >= 15 is 0 Å². The summed E-state index contributed by atoms with van der Waals surface area (Å²) in [5.41, 5.74) is 0.860. The number of hydrogen-bond donors (Lipinski definition) is 2. The highest BCUT2D eigenvalue weighted by atomic mass is 16.6. The Balaban J connectivity index is 1.93. The SMILES string of the molecule is O=C(O)C1CCN(C(=O)c2c[nH]c3ccc([N+](=O)[O-])cc23)C1. The molecule has 114 valence electrons. The number of nitrogens with one attached hydrogen (secondary N) is 1. The maximum Gasteiger partial charge on any atom is 0.308 e. The van der Waals surface area contributed by atoms with Crippen LogP contribution >= 0.6 is 0 Å². The van der Waals surface area contributed by atoms with Crippen molar-refractivity contribution in [1.82, 2.24) is 9.88 Å². The average molecular weight is 303 g/mol. The molecule has 0 saturated carbocycles. The molecule has 1 amide bonds.